The van der Waals surface area contributed by atoms with E-state index in [0.717, 1.165) is 38.5 Å². The number of ether oxygens (including phenoxy) is 1. The maximum absolute atomic E-state index is 6.00. The summed E-state index contributed by atoms with van der Waals surface area (Å²) >= 11 is 0. The van der Waals surface area contributed by atoms with Crippen molar-refractivity contribution in [3.63, 3.8) is 0 Å². The van der Waals surface area contributed by atoms with E-state index >= 15 is 0 Å². The number of hydrogen-bond donors (Lipinski definition) is 1. The van der Waals surface area contributed by atoms with Crippen LogP contribution < -0.4 is 5.32 Å². The zero-order valence-corrected chi connectivity index (χ0v) is 21.7. The van der Waals surface area contributed by atoms with Crippen molar-refractivity contribution < 1.29 is 4.74 Å². The molecule has 0 saturated carbocycles. The highest BCUT2D eigenvalue weighted by atomic mass is 16.5. The Hall–Kier alpha value is -1.52. The first-order chi connectivity index (χ1) is 15.0. The molecular formula is C28H47N3O. The highest BCUT2D eigenvalue weighted by Gasteiger charge is 2.44. The molecule has 0 amide bonds. The van der Waals surface area contributed by atoms with Gasteiger partial charge in [-0.25, -0.2) is 0 Å². The van der Waals surface area contributed by atoms with Gasteiger partial charge in [0.2, 0.25) is 0 Å². The Morgan fingerprint density at radius 3 is 2.47 bits per heavy atom. The van der Waals surface area contributed by atoms with Crippen molar-refractivity contribution >= 4 is 0 Å². The van der Waals surface area contributed by atoms with Gasteiger partial charge < -0.3 is 19.9 Å². The van der Waals surface area contributed by atoms with Gasteiger partial charge in [0.05, 0.1) is 0 Å². The van der Waals surface area contributed by atoms with Crippen molar-refractivity contribution in [2.24, 2.45) is 5.92 Å². The van der Waals surface area contributed by atoms with Crippen molar-refractivity contribution in [1.29, 1.82) is 0 Å². The summed E-state index contributed by atoms with van der Waals surface area (Å²) < 4.78 is 6.00. The molecule has 0 aromatic heterocycles. The fraction of sp³-hybridized carbons (Fsp3) is 0.714. The average molecular weight is 442 g/mol. The zero-order valence-electron chi connectivity index (χ0n) is 21.7. The van der Waals surface area contributed by atoms with E-state index in [2.05, 4.69) is 94.6 Å². The summed E-state index contributed by atoms with van der Waals surface area (Å²) in [5.74, 6) is 1.54. The van der Waals surface area contributed by atoms with E-state index in [-0.39, 0.29) is 11.0 Å². The second-order valence-electron chi connectivity index (χ2n) is 11.3. The van der Waals surface area contributed by atoms with Crippen LogP contribution >= 0.6 is 0 Å². The van der Waals surface area contributed by atoms with Gasteiger partial charge in [-0.2, -0.15) is 0 Å². The standard InChI is InChI=1S/C28H47N3O/c1-9-24-12-10-11-13-25(24)28(7)16-19-30(8)21(2)26(28)29-20-23-14-17-31(18-15-23)22(3)32-27(4,5)6/h10-13,21,23,26,29H,3,9,14-20H2,1-2,4-8H3/t21?,26?,28-/m1/s1. The van der Waals surface area contributed by atoms with E-state index in [0.29, 0.717) is 18.0 Å². The smallest absolute Gasteiger partial charge is 0.182 e. The normalized spacial score (nSPS) is 28.0. The van der Waals surface area contributed by atoms with E-state index in [4.69, 9.17) is 4.74 Å². The number of aryl methyl sites for hydroxylation is 1. The van der Waals surface area contributed by atoms with Crippen LogP contribution in [0.3, 0.4) is 0 Å². The number of likely N-dealkylation sites (tertiary alicyclic amines) is 2. The molecule has 32 heavy (non-hydrogen) atoms. The molecule has 0 radical (unpaired) electrons. The van der Waals surface area contributed by atoms with Crippen molar-refractivity contribution in [2.45, 2.75) is 90.3 Å². The van der Waals surface area contributed by atoms with Gasteiger partial charge in [0.15, 0.2) is 5.88 Å². The van der Waals surface area contributed by atoms with Crippen molar-refractivity contribution in [2.75, 3.05) is 33.2 Å². The van der Waals surface area contributed by atoms with E-state index in [1.54, 1.807) is 5.56 Å². The molecule has 3 rings (SSSR count). The molecule has 3 atom stereocenters. The number of rotatable bonds is 7. The molecule has 2 aliphatic heterocycles. The Balaban J connectivity index is 1.65. The van der Waals surface area contributed by atoms with Gasteiger partial charge in [0.1, 0.15) is 5.60 Å². The van der Waals surface area contributed by atoms with Crippen LogP contribution in [0.5, 0.6) is 0 Å². The fourth-order valence-corrected chi connectivity index (χ4v) is 5.74. The van der Waals surface area contributed by atoms with Crippen LogP contribution in [-0.2, 0) is 16.6 Å². The highest BCUT2D eigenvalue weighted by molar-refractivity contribution is 5.37. The molecule has 2 aliphatic rings. The molecule has 2 fully saturated rings. The Labute approximate surface area is 197 Å². The first-order valence-corrected chi connectivity index (χ1v) is 12.7. The minimum absolute atomic E-state index is 0.161. The van der Waals surface area contributed by atoms with Crippen LogP contribution in [0.2, 0.25) is 0 Å². The van der Waals surface area contributed by atoms with Crippen LogP contribution in [0, 0.1) is 5.92 Å². The third-order valence-corrected chi connectivity index (χ3v) is 7.88. The lowest BCUT2D eigenvalue weighted by Gasteiger charge is -2.51. The minimum atomic E-state index is -0.183. The summed E-state index contributed by atoms with van der Waals surface area (Å²) in [4.78, 5) is 4.85. The number of nitrogens with zero attached hydrogens (tertiary/aromatic N) is 2. The maximum Gasteiger partial charge on any atom is 0.182 e. The van der Waals surface area contributed by atoms with Crippen LogP contribution in [0.15, 0.2) is 36.7 Å². The van der Waals surface area contributed by atoms with Gasteiger partial charge in [-0.05, 0) is 97.1 Å². The first-order valence-electron chi connectivity index (χ1n) is 12.7. The van der Waals surface area contributed by atoms with Crippen LogP contribution in [0.25, 0.3) is 0 Å². The molecule has 1 aromatic rings. The molecule has 2 unspecified atom stereocenters. The third kappa shape index (κ3) is 5.69. The predicted molar refractivity (Wildman–Crippen MR) is 136 cm³/mol. The van der Waals surface area contributed by atoms with Crippen molar-refractivity contribution in [3.05, 3.63) is 47.9 Å². The van der Waals surface area contributed by atoms with Gasteiger partial charge in [0.25, 0.3) is 0 Å². The second kappa shape index (κ2) is 10.2. The van der Waals surface area contributed by atoms with Gasteiger partial charge in [0, 0.05) is 30.6 Å². The zero-order chi connectivity index (χ0) is 23.5. The summed E-state index contributed by atoms with van der Waals surface area (Å²) in [6.45, 7) is 22.0. The lowest BCUT2D eigenvalue weighted by Crippen LogP contribution is -2.63. The van der Waals surface area contributed by atoms with Crippen LogP contribution in [0.1, 0.15) is 71.9 Å². The largest absolute Gasteiger partial charge is 0.474 e. The molecule has 1 N–H and O–H groups in total. The SMILES string of the molecule is C=C(OC(C)(C)C)N1CCC(CNC2C(C)N(C)CC[C@]2(C)c2ccccc2CC)CC1. The molecule has 180 valence electrons. The van der Waals surface area contributed by atoms with Crippen molar-refractivity contribution in [3.8, 4) is 0 Å². The molecule has 0 bridgehead atoms. The number of hydrogen-bond acceptors (Lipinski definition) is 4. The molecular weight excluding hydrogens is 394 g/mol. The number of likely N-dealkylation sites (N-methyl/N-ethyl adjacent to an activating group) is 1. The molecule has 4 heteroatoms. The Morgan fingerprint density at radius 1 is 1.19 bits per heavy atom. The summed E-state index contributed by atoms with van der Waals surface area (Å²) in [7, 11) is 2.28. The van der Waals surface area contributed by atoms with Gasteiger partial charge >= 0.3 is 0 Å². The summed E-state index contributed by atoms with van der Waals surface area (Å²) in [6, 6.07) is 10.1. The van der Waals surface area contributed by atoms with E-state index in [1.165, 1.54) is 24.8 Å². The summed E-state index contributed by atoms with van der Waals surface area (Å²) in [5.41, 5.74) is 3.03. The number of benzene rings is 1. The Bertz CT molecular complexity index is 762. The molecule has 1 aromatic carbocycles. The molecule has 0 spiro atoms. The predicted octanol–water partition coefficient (Wildman–Crippen LogP) is 5.19. The minimum Gasteiger partial charge on any atom is -0.474 e. The van der Waals surface area contributed by atoms with Gasteiger partial charge in [-0.15, -0.1) is 0 Å². The van der Waals surface area contributed by atoms with Gasteiger partial charge in [-0.3, -0.25) is 0 Å². The molecule has 0 aliphatic carbocycles. The number of nitrogens with one attached hydrogen (secondary N) is 1. The van der Waals surface area contributed by atoms with E-state index < -0.39 is 0 Å². The topological polar surface area (TPSA) is 27.7 Å². The monoisotopic (exact) mass is 441 g/mol. The number of piperidine rings is 2. The van der Waals surface area contributed by atoms with E-state index in [1.807, 2.05) is 0 Å². The van der Waals surface area contributed by atoms with E-state index in [9.17, 15) is 0 Å². The average Bonchev–Trinajstić information content (AvgIpc) is 2.75. The first kappa shape index (κ1) is 25.1. The summed E-state index contributed by atoms with van der Waals surface area (Å²) in [6.07, 6.45) is 4.68. The molecule has 2 heterocycles. The lowest BCUT2D eigenvalue weighted by atomic mass is 9.66. The fourth-order valence-electron chi connectivity index (χ4n) is 5.74. The molecule has 4 nitrogen and oxygen atoms in total. The Morgan fingerprint density at radius 2 is 1.84 bits per heavy atom. The van der Waals surface area contributed by atoms with Gasteiger partial charge in [-0.1, -0.05) is 38.1 Å². The quantitative estimate of drug-likeness (QED) is 0.590. The van der Waals surface area contributed by atoms with Crippen molar-refractivity contribution in [1.82, 2.24) is 15.1 Å². The van der Waals surface area contributed by atoms with Crippen LogP contribution in [-0.4, -0.2) is 60.7 Å². The summed E-state index contributed by atoms with van der Waals surface area (Å²) in [5, 5.41) is 4.08. The molecule has 2 saturated heterocycles. The Kier molecular flexibility index (Phi) is 7.98. The lowest BCUT2D eigenvalue weighted by molar-refractivity contribution is -0.00597. The second-order valence-corrected chi connectivity index (χ2v) is 11.3. The van der Waals surface area contributed by atoms with Crippen LogP contribution in [0.4, 0.5) is 0 Å². The highest BCUT2D eigenvalue weighted by Crippen LogP contribution is 2.40. The third-order valence-electron chi connectivity index (χ3n) is 7.88. The maximum atomic E-state index is 6.00.